The van der Waals surface area contributed by atoms with Crippen molar-refractivity contribution in [1.29, 1.82) is 0 Å². The monoisotopic (exact) mass is 263 g/mol. The van der Waals surface area contributed by atoms with Crippen LogP contribution >= 0.6 is 0 Å². The number of aliphatic hydroxyl groups excluding tert-OH is 1. The number of aliphatic hydroxyl groups is 1. The Morgan fingerprint density at radius 1 is 1.42 bits per heavy atom. The standard InChI is InChI=1S/C15H21NO3/c1-3-19-13-6-4-12(5-7-13)14(17)10-16-9-11(2)8-15(16)18/h4-7,11,14,17H,3,8-10H2,1-2H3. The zero-order valence-electron chi connectivity index (χ0n) is 11.5. The highest BCUT2D eigenvalue weighted by atomic mass is 16.5. The molecule has 0 saturated carbocycles. The van der Waals surface area contributed by atoms with Crippen LogP contribution in [0.1, 0.15) is 31.9 Å². The molecule has 1 N–H and O–H groups in total. The summed E-state index contributed by atoms with van der Waals surface area (Å²) in [6, 6.07) is 7.38. The van der Waals surface area contributed by atoms with Crippen molar-refractivity contribution < 1.29 is 14.6 Å². The number of hydrogen-bond donors (Lipinski definition) is 1. The smallest absolute Gasteiger partial charge is 0.223 e. The Morgan fingerprint density at radius 3 is 2.63 bits per heavy atom. The summed E-state index contributed by atoms with van der Waals surface area (Å²) in [6.07, 6.45) is -0.0411. The SMILES string of the molecule is CCOc1ccc(C(O)CN2CC(C)CC2=O)cc1. The van der Waals surface area contributed by atoms with Crippen LogP contribution < -0.4 is 4.74 Å². The summed E-state index contributed by atoms with van der Waals surface area (Å²) in [7, 11) is 0. The Labute approximate surface area is 114 Å². The third-order valence-electron chi connectivity index (χ3n) is 3.38. The molecule has 1 aliphatic rings. The van der Waals surface area contributed by atoms with E-state index in [1.807, 2.05) is 31.2 Å². The van der Waals surface area contributed by atoms with Crippen molar-refractivity contribution in [2.24, 2.45) is 5.92 Å². The van der Waals surface area contributed by atoms with E-state index in [0.717, 1.165) is 17.9 Å². The summed E-state index contributed by atoms with van der Waals surface area (Å²) in [6.45, 7) is 5.73. The first-order chi connectivity index (χ1) is 9.10. The van der Waals surface area contributed by atoms with Crippen LogP contribution in [0.5, 0.6) is 5.75 Å². The van der Waals surface area contributed by atoms with Crippen molar-refractivity contribution in [1.82, 2.24) is 4.90 Å². The first-order valence-corrected chi connectivity index (χ1v) is 6.78. The van der Waals surface area contributed by atoms with Crippen LogP contribution in [0.4, 0.5) is 0 Å². The van der Waals surface area contributed by atoms with Gasteiger partial charge in [0.2, 0.25) is 5.91 Å². The number of rotatable bonds is 5. The largest absolute Gasteiger partial charge is 0.494 e. The highest BCUT2D eigenvalue weighted by Gasteiger charge is 2.28. The van der Waals surface area contributed by atoms with Gasteiger partial charge in [-0.15, -0.1) is 0 Å². The third kappa shape index (κ3) is 3.47. The molecule has 1 saturated heterocycles. The fourth-order valence-electron chi connectivity index (χ4n) is 2.41. The number of hydrogen-bond acceptors (Lipinski definition) is 3. The normalized spacial score (nSPS) is 20.7. The lowest BCUT2D eigenvalue weighted by atomic mass is 10.1. The Morgan fingerprint density at radius 2 is 2.11 bits per heavy atom. The van der Waals surface area contributed by atoms with Gasteiger partial charge in [0.1, 0.15) is 5.75 Å². The highest BCUT2D eigenvalue weighted by molar-refractivity contribution is 5.78. The second kappa shape index (κ2) is 6.06. The molecule has 0 bridgehead atoms. The molecule has 1 aliphatic heterocycles. The van der Waals surface area contributed by atoms with Crippen molar-refractivity contribution in [3.63, 3.8) is 0 Å². The molecule has 0 aliphatic carbocycles. The van der Waals surface area contributed by atoms with Crippen LogP contribution in [0.2, 0.25) is 0 Å². The van der Waals surface area contributed by atoms with E-state index in [2.05, 4.69) is 6.92 Å². The van der Waals surface area contributed by atoms with Crippen molar-refractivity contribution in [2.75, 3.05) is 19.7 Å². The van der Waals surface area contributed by atoms with Gasteiger partial charge in [0.05, 0.1) is 19.3 Å². The van der Waals surface area contributed by atoms with Gasteiger partial charge in [-0.1, -0.05) is 19.1 Å². The molecule has 1 amide bonds. The van der Waals surface area contributed by atoms with Crippen LogP contribution in [0.3, 0.4) is 0 Å². The number of amides is 1. The average molecular weight is 263 g/mol. The molecule has 1 fully saturated rings. The minimum Gasteiger partial charge on any atom is -0.494 e. The summed E-state index contributed by atoms with van der Waals surface area (Å²) in [4.78, 5) is 13.4. The molecule has 1 heterocycles. The predicted molar refractivity (Wildman–Crippen MR) is 72.9 cm³/mol. The van der Waals surface area contributed by atoms with Crippen LogP contribution in [0.25, 0.3) is 0 Å². The van der Waals surface area contributed by atoms with E-state index in [1.165, 1.54) is 0 Å². The summed E-state index contributed by atoms with van der Waals surface area (Å²) in [5.41, 5.74) is 0.816. The van der Waals surface area contributed by atoms with Crippen molar-refractivity contribution in [3.05, 3.63) is 29.8 Å². The molecule has 19 heavy (non-hydrogen) atoms. The molecule has 1 aromatic carbocycles. The van der Waals surface area contributed by atoms with E-state index >= 15 is 0 Å². The van der Waals surface area contributed by atoms with Gasteiger partial charge in [-0.2, -0.15) is 0 Å². The number of carbonyl (C=O) groups excluding carboxylic acids is 1. The number of β-amino-alcohol motifs (C(OH)–C–C–N with tert-alkyl or cyclic N) is 1. The molecule has 4 heteroatoms. The van der Waals surface area contributed by atoms with Crippen LogP contribution in [0, 0.1) is 5.92 Å². The Hall–Kier alpha value is -1.55. The lowest BCUT2D eigenvalue weighted by Gasteiger charge is -2.20. The number of ether oxygens (including phenoxy) is 1. The molecule has 2 rings (SSSR count). The average Bonchev–Trinajstić information content (AvgIpc) is 2.69. The van der Waals surface area contributed by atoms with Gasteiger partial charge in [-0.3, -0.25) is 4.79 Å². The van der Waals surface area contributed by atoms with Crippen molar-refractivity contribution in [3.8, 4) is 5.75 Å². The van der Waals surface area contributed by atoms with Gasteiger partial charge in [-0.05, 0) is 30.5 Å². The zero-order chi connectivity index (χ0) is 13.8. The summed E-state index contributed by atoms with van der Waals surface area (Å²) >= 11 is 0. The number of nitrogens with zero attached hydrogens (tertiary/aromatic N) is 1. The molecular formula is C15H21NO3. The molecule has 0 spiro atoms. The Kier molecular flexibility index (Phi) is 4.43. The van der Waals surface area contributed by atoms with Gasteiger partial charge in [-0.25, -0.2) is 0 Å². The summed E-state index contributed by atoms with van der Waals surface area (Å²) < 4.78 is 5.36. The second-order valence-electron chi connectivity index (χ2n) is 5.13. The fourth-order valence-corrected chi connectivity index (χ4v) is 2.41. The molecule has 1 aromatic rings. The van der Waals surface area contributed by atoms with Gasteiger partial charge in [0.15, 0.2) is 0 Å². The highest BCUT2D eigenvalue weighted by Crippen LogP contribution is 2.22. The summed E-state index contributed by atoms with van der Waals surface area (Å²) in [5.74, 6) is 1.32. The summed E-state index contributed by atoms with van der Waals surface area (Å²) in [5, 5.41) is 10.2. The van der Waals surface area contributed by atoms with E-state index in [-0.39, 0.29) is 5.91 Å². The minimum atomic E-state index is -0.634. The Balaban J connectivity index is 1.95. The molecule has 104 valence electrons. The number of likely N-dealkylation sites (tertiary alicyclic amines) is 1. The van der Waals surface area contributed by atoms with Crippen LogP contribution in [-0.4, -0.2) is 35.6 Å². The fraction of sp³-hybridized carbons (Fsp3) is 0.533. The van der Waals surface area contributed by atoms with Crippen molar-refractivity contribution in [2.45, 2.75) is 26.4 Å². The number of benzene rings is 1. The predicted octanol–water partition coefficient (Wildman–Crippen LogP) is 1.99. The molecule has 2 atom stereocenters. The van der Waals surface area contributed by atoms with Crippen LogP contribution in [0.15, 0.2) is 24.3 Å². The van der Waals surface area contributed by atoms with E-state index in [9.17, 15) is 9.90 Å². The quantitative estimate of drug-likeness (QED) is 0.883. The topological polar surface area (TPSA) is 49.8 Å². The molecule has 2 unspecified atom stereocenters. The van der Waals surface area contributed by atoms with E-state index in [0.29, 0.717) is 25.5 Å². The van der Waals surface area contributed by atoms with E-state index < -0.39 is 6.10 Å². The van der Waals surface area contributed by atoms with Gasteiger partial charge < -0.3 is 14.7 Å². The number of carbonyl (C=O) groups is 1. The van der Waals surface area contributed by atoms with Gasteiger partial charge >= 0.3 is 0 Å². The maximum absolute atomic E-state index is 11.7. The van der Waals surface area contributed by atoms with Crippen molar-refractivity contribution >= 4 is 5.91 Å². The maximum atomic E-state index is 11.7. The molecular weight excluding hydrogens is 242 g/mol. The first-order valence-electron chi connectivity index (χ1n) is 6.78. The molecule has 0 radical (unpaired) electrons. The van der Waals surface area contributed by atoms with Gasteiger partial charge in [0.25, 0.3) is 0 Å². The lowest BCUT2D eigenvalue weighted by Crippen LogP contribution is -2.30. The van der Waals surface area contributed by atoms with E-state index in [4.69, 9.17) is 4.74 Å². The lowest BCUT2D eigenvalue weighted by molar-refractivity contribution is -0.129. The third-order valence-corrected chi connectivity index (χ3v) is 3.38. The maximum Gasteiger partial charge on any atom is 0.223 e. The minimum absolute atomic E-state index is 0.137. The first kappa shape index (κ1) is 13.9. The molecule has 4 nitrogen and oxygen atoms in total. The Bertz CT molecular complexity index is 430. The van der Waals surface area contributed by atoms with Crippen LogP contribution in [-0.2, 0) is 4.79 Å². The second-order valence-corrected chi connectivity index (χ2v) is 5.13. The van der Waals surface area contributed by atoms with Gasteiger partial charge in [0, 0.05) is 13.0 Å². The molecule has 0 aromatic heterocycles. The van der Waals surface area contributed by atoms with E-state index in [1.54, 1.807) is 4.90 Å². The zero-order valence-corrected chi connectivity index (χ0v) is 11.5.